The summed E-state index contributed by atoms with van der Waals surface area (Å²) in [6.45, 7) is 0. The van der Waals surface area contributed by atoms with Crippen molar-refractivity contribution in [3.63, 3.8) is 0 Å². The predicted molar refractivity (Wildman–Crippen MR) is 107 cm³/mol. The number of hydrogen-bond acceptors (Lipinski definition) is 9. The van der Waals surface area contributed by atoms with Gasteiger partial charge in [0.2, 0.25) is 16.5 Å². The molecule has 1 amide bonds. The zero-order valence-corrected chi connectivity index (χ0v) is 16.3. The van der Waals surface area contributed by atoms with Gasteiger partial charge in [0.15, 0.2) is 10.1 Å². The van der Waals surface area contributed by atoms with Crippen molar-refractivity contribution in [2.75, 3.05) is 12.4 Å². The standard InChI is InChI=1S/C18H15N3O5S2/c1-25-12-5-2-11(3-6-12)4-7-16(24)19-17-20-21-18(28-17)27-10-13-8-14(22)15(23)9-26-13/h2-9,23H,10H2,1H3,(H,19,20,24)/b7-4+. The van der Waals surface area contributed by atoms with Gasteiger partial charge >= 0.3 is 0 Å². The fourth-order valence-corrected chi connectivity index (χ4v) is 3.65. The van der Waals surface area contributed by atoms with E-state index in [-0.39, 0.29) is 5.91 Å². The highest BCUT2D eigenvalue weighted by atomic mass is 32.2. The van der Waals surface area contributed by atoms with Crippen molar-refractivity contribution in [1.82, 2.24) is 10.2 Å². The second-order valence-corrected chi connectivity index (χ2v) is 7.55. The quantitative estimate of drug-likeness (QED) is 0.342. The molecule has 0 fully saturated rings. The van der Waals surface area contributed by atoms with E-state index in [4.69, 9.17) is 9.15 Å². The van der Waals surface area contributed by atoms with E-state index in [9.17, 15) is 14.7 Å². The molecule has 0 saturated carbocycles. The number of carbonyl (C=O) groups excluding carboxylic acids is 1. The number of nitrogens with zero attached hydrogens (tertiary/aromatic N) is 2. The number of methoxy groups -OCH3 is 1. The molecule has 0 aliphatic carbocycles. The molecule has 3 rings (SSSR count). The van der Waals surface area contributed by atoms with Gasteiger partial charge in [-0.25, -0.2) is 0 Å². The molecule has 10 heteroatoms. The lowest BCUT2D eigenvalue weighted by molar-refractivity contribution is -0.111. The fraction of sp³-hybridized carbons (Fsp3) is 0.111. The van der Waals surface area contributed by atoms with Gasteiger partial charge in [0.05, 0.1) is 12.9 Å². The maximum absolute atomic E-state index is 12.0. The molecule has 0 bridgehead atoms. The van der Waals surface area contributed by atoms with Gasteiger partial charge in [0.1, 0.15) is 17.8 Å². The highest BCUT2D eigenvalue weighted by Crippen LogP contribution is 2.28. The fourth-order valence-electron chi connectivity index (χ4n) is 2.00. The minimum Gasteiger partial charge on any atom is -0.502 e. The number of amides is 1. The van der Waals surface area contributed by atoms with E-state index in [1.165, 1.54) is 35.2 Å². The smallest absolute Gasteiger partial charge is 0.250 e. The molecule has 2 aromatic heterocycles. The number of ether oxygens (including phenoxy) is 1. The van der Waals surface area contributed by atoms with Crippen molar-refractivity contribution in [3.8, 4) is 11.5 Å². The molecule has 28 heavy (non-hydrogen) atoms. The van der Waals surface area contributed by atoms with E-state index < -0.39 is 11.2 Å². The highest BCUT2D eigenvalue weighted by Gasteiger charge is 2.09. The first-order valence-corrected chi connectivity index (χ1v) is 9.74. The molecule has 0 saturated heterocycles. The lowest BCUT2D eigenvalue weighted by atomic mass is 10.2. The van der Waals surface area contributed by atoms with Crippen LogP contribution in [0.4, 0.5) is 5.13 Å². The number of benzene rings is 1. The van der Waals surface area contributed by atoms with Crippen molar-refractivity contribution in [2.45, 2.75) is 10.1 Å². The van der Waals surface area contributed by atoms with Gasteiger partial charge in [0, 0.05) is 12.1 Å². The largest absolute Gasteiger partial charge is 0.502 e. The molecular weight excluding hydrogens is 402 g/mol. The lowest BCUT2D eigenvalue weighted by Gasteiger charge is -1.99. The van der Waals surface area contributed by atoms with Crippen LogP contribution in [0.1, 0.15) is 11.3 Å². The van der Waals surface area contributed by atoms with Gasteiger partial charge in [-0.2, -0.15) is 0 Å². The second kappa shape index (κ2) is 9.20. The van der Waals surface area contributed by atoms with Crippen LogP contribution in [0.5, 0.6) is 11.5 Å². The van der Waals surface area contributed by atoms with Crippen LogP contribution < -0.4 is 15.5 Å². The third-order valence-corrected chi connectivity index (χ3v) is 5.38. The summed E-state index contributed by atoms with van der Waals surface area (Å²) in [4.78, 5) is 23.4. The molecule has 0 atom stereocenters. The number of rotatable bonds is 7. The maximum atomic E-state index is 12.0. The van der Waals surface area contributed by atoms with Crippen molar-refractivity contribution >= 4 is 40.2 Å². The summed E-state index contributed by atoms with van der Waals surface area (Å²) in [5.41, 5.74) is 0.357. The van der Waals surface area contributed by atoms with Gasteiger partial charge < -0.3 is 14.3 Å². The summed E-state index contributed by atoms with van der Waals surface area (Å²) in [6.07, 6.45) is 4.08. The van der Waals surface area contributed by atoms with E-state index in [1.807, 2.05) is 24.3 Å². The van der Waals surface area contributed by atoms with E-state index in [0.717, 1.165) is 17.6 Å². The Labute approximate surface area is 167 Å². The Kier molecular flexibility index (Phi) is 6.45. The SMILES string of the molecule is COc1ccc(/C=C/C(=O)Nc2nnc(SCc3cc(=O)c(O)co3)s2)cc1. The molecule has 144 valence electrons. The Balaban J connectivity index is 1.53. The molecule has 0 unspecified atom stereocenters. The van der Waals surface area contributed by atoms with Gasteiger partial charge in [-0.3, -0.25) is 14.9 Å². The van der Waals surface area contributed by atoms with Gasteiger partial charge in [0.25, 0.3) is 0 Å². The lowest BCUT2D eigenvalue weighted by Crippen LogP contribution is -2.07. The minimum absolute atomic E-state index is 0.326. The average Bonchev–Trinajstić information content (AvgIpc) is 3.15. The molecule has 0 radical (unpaired) electrons. The molecule has 2 heterocycles. The third-order valence-electron chi connectivity index (χ3n) is 3.38. The van der Waals surface area contributed by atoms with Gasteiger partial charge in [-0.15, -0.1) is 10.2 Å². The first kappa shape index (κ1) is 19.6. The number of thioether (sulfide) groups is 1. The van der Waals surface area contributed by atoms with Crippen LogP contribution in [0.25, 0.3) is 6.08 Å². The van der Waals surface area contributed by atoms with Crippen LogP contribution >= 0.6 is 23.1 Å². The Bertz CT molecular complexity index is 1040. The summed E-state index contributed by atoms with van der Waals surface area (Å²) in [5, 5.41) is 20.1. The number of anilines is 1. The molecule has 0 aliphatic heterocycles. The number of hydrogen-bond donors (Lipinski definition) is 2. The Hall–Kier alpha value is -3.11. The van der Waals surface area contributed by atoms with Crippen LogP contribution in [-0.4, -0.2) is 28.3 Å². The van der Waals surface area contributed by atoms with Crippen LogP contribution in [-0.2, 0) is 10.5 Å². The number of nitrogens with one attached hydrogen (secondary N) is 1. The summed E-state index contributed by atoms with van der Waals surface area (Å²) in [7, 11) is 1.59. The summed E-state index contributed by atoms with van der Waals surface area (Å²) < 4.78 is 10.8. The molecule has 0 spiro atoms. The molecular formula is C18H15N3O5S2. The molecule has 2 N–H and O–H groups in total. The Morgan fingerprint density at radius 2 is 2.14 bits per heavy atom. The molecule has 0 aliphatic rings. The first-order valence-electron chi connectivity index (χ1n) is 7.93. The summed E-state index contributed by atoms with van der Waals surface area (Å²) in [6, 6.07) is 8.51. The third kappa shape index (κ3) is 5.44. The first-order chi connectivity index (χ1) is 13.5. The second-order valence-electron chi connectivity index (χ2n) is 5.35. The van der Waals surface area contributed by atoms with Crippen LogP contribution in [0.3, 0.4) is 0 Å². The van der Waals surface area contributed by atoms with Crippen molar-refractivity contribution in [3.05, 3.63) is 64.2 Å². The summed E-state index contributed by atoms with van der Waals surface area (Å²) in [5.74, 6) is 0.726. The zero-order chi connectivity index (χ0) is 19.9. The number of aromatic hydroxyl groups is 1. The normalized spacial score (nSPS) is 10.9. The number of carbonyl (C=O) groups is 1. The molecule has 3 aromatic rings. The average molecular weight is 417 g/mol. The summed E-state index contributed by atoms with van der Waals surface area (Å²) >= 11 is 2.50. The van der Waals surface area contributed by atoms with Crippen molar-refractivity contribution < 1.29 is 19.1 Å². The molecule has 8 nitrogen and oxygen atoms in total. The van der Waals surface area contributed by atoms with Gasteiger partial charge in [-0.1, -0.05) is 35.2 Å². The van der Waals surface area contributed by atoms with Gasteiger partial charge in [-0.05, 0) is 23.8 Å². The maximum Gasteiger partial charge on any atom is 0.250 e. The van der Waals surface area contributed by atoms with Crippen molar-refractivity contribution in [1.29, 1.82) is 0 Å². The minimum atomic E-state index is -0.504. The monoisotopic (exact) mass is 417 g/mol. The topological polar surface area (TPSA) is 115 Å². The van der Waals surface area contributed by atoms with Crippen molar-refractivity contribution in [2.24, 2.45) is 0 Å². The zero-order valence-electron chi connectivity index (χ0n) is 14.6. The highest BCUT2D eigenvalue weighted by molar-refractivity contribution is 8.00. The van der Waals surface area contributed by atoms with E-state index in [0.29, 0.717) is 21.0 Å². The Morgan fingerprint density at radius 1 is 1.36 bits per heavy atom. The predicted octanol–water partition coefficient (Wildman–Crippen LogP) is 3.15. The van der Waals surface area contributed by atoms with E-state index >= 15 is 0 Å². The number of aromatic nitrogens is 2. The van der Waals surface area contributed by atoms with Crippen LogP contribution in [0, 0.1) is 0 Å². The van der Waals surface area contributed by atoms with E-state index in [1.54, 1.807) is 13.2 Å². The van der Waals surface area contributed by atoms with Crippen LogP contribution in [0.15, 0.2) is 56.2 Å². The molecule has 1 aromatic carbocycles. The Morgan fingerprint density at radius 3 is 2.86 bits per heavy atom. The van der Waals surface area contributed by atoms with Crippen LogP contribution in [0.2, 0.25) is 0 Å². The van der Waals surface area contributed by atoms with E-state index in [2.05, 4.69) is 15.5 Å².